The minimum absolute atomic E-state index is 0.0519. The smallest absolute Gasteiger partial charge is 0.331 e. The molecular formula is C28H48N6O3. The molecule has 1 aromatic heterocycles. The molecule has 208 valence electrons. The molecule has 0 saturated heterocycles. The first-order valence-electron chi connectivity index (χ1n) is 13.2. The SMILES string of the molecule is C=C(C)NC=N[C@@H](CCN(CCCCc1ccc(CC)c(NC)n1)CCNC(C)=O)C(=O)OC(C)(C)C. The van der Waals surface area contributed by atoms with Crippen molar-refractivity contribution in [1.29, 1.82) is 0 Å². The molecule has 0 aromatic carbocycles. The predicted molar refractivity (Wildman–Crippen MR) is 152 cm³/mol. The lowest BCUT2D eigenvalue weighted by atomic mass is 10.1. The summed E-state index contributed by atoms with van der Waals surface area (Å²) >= 11 is 0. The van der Waals surface area contributed by atoms with E-state index in [9.17, 15) is 9.59 Å². The lowest BCUT2D eigenvalue weighted by Crippen LogP contribution is -2.38. The van der Waals surface area contributed by atoms with Crippen LogP contribution in [0.15, 0.2) is 29.4 Å². The van der Waals surface area contributed by atoms with Crippen LogP contribution in [0.3, 0.4) is 0 Å². The number of aromatic nitrogens is 1. The van der Waals surface area contributed by atoms with Gasteiger partial charge in [0, 0.05) is 45.0 Å². The Morgan fingerprint density at radius 1 is 1.19 bits per heavy atom. The van der Waals surface area contributed by atoms with Crippen LogP contribution < -0.4 is 16.0 Å². The van der Waals surface area contributed by atoms with Gasteiger partial charge in [-0.2, -0.15) is 0 Å². The highest BCUT2D eigenvalue weighted by molar-refractivity contribution is 5.78. The zero-order valence-electron chi connectivity index (χ0n) is 23.9. The normalized spacial score (nSPS) is 12.4. The molecule has 0 spiro atoms. The lowest BCUT2D eigenvalue weighted by molar-refractivity contribution is -0.156. The number of anilines is 1. The third-order valence-corrected chi connectivity index (χ3v) is 5.58. The first-order chi connectivity index (χ1) is 17.4. The average Bonchev–Trinajstić information content (AvgIpc) is 2.81. The van der Waals surface area contributed by atoms with Gasteiger partial charge in [0.2, 0.25) is 5.91 Å². The molecule has 0 aliphatic rings. The largest absolute Gasteiger partial charge is 0.458 e. The number of allylic oxidation sites excluding steroid dienone is 1. The molecule has 0 aliphatic heterocycles. The van der Waals surface area contributed by atoms with E-state index in [0.717, 1.165) is 49.4 Å². The number of ether oxygens (including phenoxy) is 1. The van der Waals surface area contributed by atoms with E-state index in [0.29, 0.717) is 26.1 Å². The van der Waals surface area contributed by atoms with Crippen molar-refractivity contribution in [3.63, 3.8) is 0 Å². The first-order valence-corrected chi connectivity index (χ1v) is 13.2. The first kappa shape index (κ1) is 32.1. The number of pyridine rings is 1. The summed E-state index contributed by atoms with van der Waals surface area (Å²) in [6.07, 6.45) is 5.84. The van der Waals surface area contributed by atoms with Gasteiger partial charge in [-0.15, -0.1) is 0 Å². The number of rotatable bonds is 17. The molecular weight excluding hydrogens is 468 g/mol. The summed E-state index contributed by atoms with van der Waals surface area (Å²) in [5.41, 5.74) is 2.45. The van der Waals surface area contributed by atoms with Crippen LogP contribution in [-0.2, 0) is 27.2 Å². The fourth-order valence-electron chi connectivity index (χ4n) is 3.70. The second-order valence-corrected chi connectivity index (χ2v) is 10.2. The van der Waals surface area contributed by atoms with Crippen LogP contribution in [0, 0.1) is 0 Å². The number of hydrogen-bond donors (Lipinski definition) is 3. The van der Waals surface area contributed by atoms with Crippen LogP contribution in [-0.4, -0.2) is 73.0 Å². The van der Waals surface area contributed by atoms with Crippen LogP contribution >= 0.6 is 0 Å². The van der Waals surface area contributed by atoms with Crippen LogP contribution in [0.25, 0.3) is 0 Å². The molecule has 0 fully saturated rings. The van der Waals surface area contributed by atoms with E-state index in [1.807, 2.05) is 34.7 Å². The third kappa shape index (κ3) is 14.4. The second kappa shape index (κ2) is 16.7. The molecule has 0 saturated carbocycles. The average molecular weight is 517 g/mol. The Kier molecular flexibility index (Phi) is 14.5. The van der Waals surface area contributed by atoms with Crippen molar-refractivity contribution < 1.29 is 14.3 Å². The summed E-state index contributed by atoms with van der Waals surface area (Å²) in [4.78, 5) is 35.6. The number of carbonyl (C=O) groups is 2. The Hall–Kier alpha value is -2.94. The number of unbranched alkanes of at least 4 members (excludes halogenated alkanes) is 1. The molecule has 1 aromatic rings. The molecule has 0 unspecified atom stereocenters. The highest BCUT2D eigenvalue weighted by Gasteiger charge is 2.25. The Morgan fingerprint density at radius 2 is 1.92 bits per heavy atom. The fourth-order valence-corrected chi connectivity index (χ4v) is 3.70. The Balaban J connectivity index is 2.76. The molecule has 1 rings (SSSR count). The summed E-state index contributed by atoms with van der Waals surface area (Å²) in [5, 5.41) is 8.99. The molecule has 37 heavy (non-hydrogen) atoms. The third-order valence-electron chi connectivity index (χ3n) is 5.58. The quantitative estimate of drug-likeness (QED) is 0.125. The maximum Gasteiger partial charge on any atom is 0.331 e. The molecule has 9 heteroatoms. The maximum absolute atomic E-state index is 12.8. The number of carbonyl (C=O) groups excluding carboxylic acids is 2. The lowest BCUT2D eigenvalue weighted by Gasteiger charge is -2.26. The minimum atomic E-state index is -0.629. The van der Waals surface area contributed by atoms with Crippen molar-refractivity contribution in [2.75, 3.05) is 38.5 Å². The highest BCUT2D eigenvalue weighted by Crippen LogP contribution is 2.16. The zero-order valence-corrected chi connectivity index (χ0v) is 23.9. The molecule has 3 N–H and O–H groups in total. The summed E-state index contributed by atoms with van der Waals surface area (Å²) in [5.74, 6) is 0.548. The van der Waals surface area contributed by atoms with E-state index in [2.05, 4.69) is 51.5 Å². The van der Waals surface area contributed by atoms with Gasteiger partial charge in [-0.05, 0) is 78.0 Å². The van der Waals surface area contributed by atoms with Gasteiger partial charge >= 0.3 is 5.97 Å². The van der Waals surface area contributed by atoms with Crippen molar-refractivity contribution in [3.05, 3.63) is 35.7 Å². The Labute approximate surface area is 223 Å². The number of nitrogens with zero attached hydrogens (tertiary/aromatic N) is 3. The van der Waals surface area contributed by atoms with Crippen molar-refractivity contribution in [2.45, 2.75) is 85.3 Å². The van der Waals surface area contributed by atoms with E-state index >= 15 is 0 Å². The maximum atomic E-state index is 12.8. The summed E-state index contributed by atoms with van der Waals surface area (Å²) in [6, 6.07) is 3.63. The summed E-state index contributed by atoms with van der Waals surface area (Å²) in [7, 11) is 1.90. The van der Waals surface area contributed by atoms with Gasteiger partial charge in [0.25, 0.3) is 0 Å². The summed E-state index contributed by atoms with van der Waals surface area (Å²) < 4.78 is 5.59. The minimum Gasteiger partial charge on any atom is -0.458 e. The van der Waals surface area contributed by atoms with Crippen LogP contribution in [0.5, 0.6) is 0 Å². The van der Waals surface area contributed by atoms with Gasteiger partial charge in [-0.1, -0.05) is 19.6 Å². The Morgan fingerprint density at radius 3 is 2.51 bits per heavy atom. The summed E-state index contributed by atoms with van der Waals surface area (Å²) in [6.45, 7) is 17.6. The Bertz CT molecular complexity index is 894. The number of aliphatic imine (C=N–C) groups is 1. The van der Waals surface area contributed by atoms with E-state index in [1.54, 1.807) is 0 Å². The number of nitrogens with one attached hydrogen (secondary N) is 3. The van der Waals surface area contributed by atoms with Gasteiger partial charge < -0.3 is 25.6 Å². The van der Waals surface area contributed by atoms with Gasteiger partial charge in [0.05, 0.1) is 6.34 Å². The van der Waals surface area contributed by atoms with Crippen LogP contribution in [0.4, 0.5) is 5.82 Å². The van der Waals surface area contributed by atoms with Crippen molar-refractivity contribution in [3.8, 4) is 0 Å². The molecule has 1 heterocycles. The van der Waals surface area contributed by atoms with Crippen molar-refractivity contribution >= 4 is 24.0 Å². The molecule has 0 bridgehead atoms. The molecule has 0 aliphatic carbocycles. The number of amides is 1. The van der Waals surface area contributed by atoms with E-state index < -0.39 is 11.6 Å². The highest BCUT2D eigenvalue weighted by atomic mass is 16.6. The molecule has 9 nitrogen and oxygen atoms in total. The van der Waals surface area contributed by atoms with Gasteiger partial charge in [0.15, 0.2) is 6.04 Å². The second-order valence-electron chi connectivity index (χ2n) is 10.2. The molecule has 1 atom stereocenters. The van der Waals surface area contributed by atoms with E-state index in [-0.39, 0.29) is 11.9 Å². The molecule has 1 amide bonds. The van der Waals surface area contributed by atoms with Gasteiger partial charge in [-0.25, -0.2) is 9.78 Å². The number of hydrogen-bond acceptors (Lipinski definition) is 7. The van der Waals surface area contributed by atoms with Gasteiger partial charge in [0.1, 0.15) is 11.4 Å². The predicted octanol–water partition coefficient (Wildman–Crippen LogP) is 3.70. The number of aryl methyl sites for hydroxylation is 2. The molecule has 0 radical (unpaired) electrons. The fraction of sp³-hybridized carbons (Fsp3) is 0.643. The zero-order chi connectivity index (χ0) is 27.8. The van der Waals surface area contributed by atoms with Crippen LogP contribution in [0.1, 0.15) is 72.1 Å². The van der Waals surface area contributed by atoms with Gasteiger partial charge in [-0.3, -0.25) is 9.79 Å². The van der Waals surface area contributed by atoms with Crippen LogP contribution in [0.2, 0.25) is 0 Å². The monoisotopic (exact) mass is 516 g/mol. The number of esters is 1. The van der Waals surface area contributed by atoms with E-state index in [1.165, 1.54) is 18.8 Å². The standard InChI is InChI=1S/C28H48N6O3/c1-9-23-13-14-24(33-26(23)29-8)12-10-11-17-34(19-16-30-22(4)35)18-15-25(32-20-31-21(2)3)27(36)37-28(5,6)7/h13-14,20,25H,2,9-12,15-19H2,1,3-8H3,(H,29,33)(H,30,35)(H,31,32)/t25-/m0/s1. The topological polar surface area (TPSA) is 108 Å². The van der Waals surface area contributed by atoms with E-state index in [4.69, 9.17) is 9.72 Å². The van der Waals surface area contributed by atoms with Crippen molar-refractivity contribution in [2.24, 2.45) is 4.99 Å². The van der Waals surface area contributed by atoms with Crippen molar-refractivity contribution in [1.82, 2.24) is 20.5 Å².